The summed E-state index contributed by atoms with van der Waals surface area (Å²) in [6.07, 6.45) is -0.687. The van der Waals surface area contributed by atoms with Crippen LogP contribution in [-0.2, 0) is 6.54 Å². The first kappa shape index (κ1) is 15.6. The maximum atomic E-state index is 10.6. The van der Waals surface area contributed by atoms with E-state index >= 15 is 0 Å². The molecule has 1 N–H and O–H groups in total. The minimum atomic E-state index is -0.687. The van der Waals surface area contributed by atoms with E-state index in [0.29, 0.717) is 24.8 Å². The zero-order chi connectivity index (χ0) is 16.6. The van der Waals surface area contributed by atoms with Crippen molar-refractivity contribution in [2.24, 2.45) is 0 Å². The van der Waals surface area contributed by atoms with Crippen LogP contribution in [0.2, 0.25) is 0 Å². The summed E-state index contributed by atoms with van der Waals surface area (Å²) in [5, 5.41) is 10.6. The van der Waals surface area contributed by atoms with E-state index in [1.165, 1.54) is 0 Å². The van der Waals surface area contributed by atoms with Gasteiger partial charge in [0.2, 0.25) is 5.95 Å². The van der Waals surface area contributed by atoms with Gasteiger partial charge in [0, 0.05) is 22.5 Å². The Bertz CT molecular complexity index is 713. The van der Waals surface area contributed by atoms with Crippen molar-refractivity contribution in [2.45, 2.75) is 26.5 Å². The lowest BCUT2D eigenvalue weighted by Gasteiger charge is -2.34. The molecule has 0 radical (unpaired) electrons. The van der Waals surface area contributed by atoms with Gasteiger partial charge >= 0.3 is 0 Å². The van der Waals surface area contributed by atoms with Gasteiger partial charge in [0.1, 0.15) is 17.6 Å². The van der Waals surface area contributed by atoms with Crippen molar-refractivity contribution in [3.63, 3.8) is 0 Å². The Morgan fingerprint density at radius 3 is 2.30 bits per heavy atom. The van der Waals surface area contributed by atoms with E-state index in [9.17, 15) is 5.11 Å². The van der Waals surface area contributed by atoms with Crippen LogP contribution in [0.25, 0.3) is 0 Å². The fourth-order valence-corrected chi connectivity index (χ4v) is 3.08. The molecule has 1 aliphatic rings. The van der Waals surface area contributed by atoms with Gasteiger partial charge in [0.15, 0.2) is 0 Å². The lowest BCUT2D eigenvalue weighted by Crippen LogP contribution is -2.35. The van der Waals surface area contributed by atoms with Gasteiger partial charge in [0.05, 0.1) is 27.3 Å². The normalized spacial score (nSPS) is 16.9. The molecule has 0 spiro atoms. The van der Waals surface area contributed by atoms with E-state index in [1.54, 1.807) is 14.2 Å². The van der Waals surface area contributed by atoms with Crippen LogP contribution in [-0.4, -0.2) is 35.8 Å². The van der Waals surface area contributed by atoms with Crippen LogP contribution >= 0.6 is 0 Å². The lowest BCUT2D eigenvalue weighted by molar-refractivity contribution is 0.169. The molecule has 2 heterocycles. The summed E-state index contributed by atoms with van der Waals surface area (Å²) < 4.78 is 10.9. The van der Waals surface area contributed by atoms with Crippen LogP contribution in [0.3, 0.4) is 0 Å². The molecule has 2 aromatic rings. The molecule has 122 valence electrons. The van der Waals surface area contributed by atoms with Crippen molar-refractivity contribution in [2.75, 3.05) is 25.7 Å². The molecule has 0 saturated carbocycles. The summed E-state index contributed by atoms with van der Waals surface area (Å²) in [7, 11) is 3.23. The van der Waals surface area contributed by atoms with Crippen LogP contribution < -0.4 is 14.4 Å². The maximum Gasteiger partial charge on any atom is 0.226 e. The summed E-state index contributed by atoms with van der Waals surface area (Å²) in [5.74, 6) is 2.03. The number of ether oxygens (including phenoxy) is 2. The van der Waals surface area contributed by atoms with Crippen LogP contribution in [0.4, 0.5) is 5.95 Å². The van der Waals surface area contributed by atoms with Crippen molar-refractivity contribution in [3.05, 3.63) is 40.7 Å². The van der Waals surface area contributed by atoms with Crippen molar-refractivity contribution in [1.29, 1.82) is 0 Å². The molecule has 6 heteroatoms. The lowest BCUT2D eigenvalue weighted by atomic mass is 9.95. The second-order valence-corrected chi connectivity index (χ2v) is 5.71. The minimum absolute atomic E-state index is 0.416. The highest BCUT2D eigenvalue weighted by atomic mass is 16.5. The quantitative estimate of drug-likeness (QED) is 0.936. The Morgan fingerprint density at radius 1 is 1.09 bits per heavy atom. The standard InChI is InChI=1S/C17H21N3O3/c1-10-7-11(2)19-17(18-10)20-8-12-14(22-3)5-6-15(23-4)16(12)13(21)9-20/h5-7,13,21H,8-9H2,1-4H3/t13-/m1/s1. The van der Waals surface area contributed by atoms with Gasteiger partial charge in [-0.1, -0.05) is 0 Å². The Morgan fingerprint density at radius 2 is 1.70 bits per heavy atom. The fourth-order valence-electron chi connectivity index (χ4n) is 3.08. The molecule has 6 nitrogen and oxygen atoms in total. The largest absolute Gasteiger partial charge is 0.496 e. The number of hydrogen-bond acceptors (Lipinski definition) is 6. The molecule has 3 rings (SSSR count). The summed E-state index contributed by atoms with van der Waals surface area (Å²) in [4.78, 5) is 11.0. The number of β-amino-alcohol motifs (C(OH)–C–C–N with tert-alkyl or cyclic N) is 1. The number of fused-ring (bicyclic) bond motifs is 1. The molecule has 0 unspecified atom stereocenters. The van der Waals surface area contributed by atoms with Crippen LogP contribution in [0, 0.1) is 13.8 Å². The highest BCUT2D eigenvalue weighted by molar-refractivity contribution is 5.54. The van der Waals surface area contributed by atoms with E-state index in [-0.39, 0.29) is 0 Å². The number of rotatable bonds is 3. The molecule has 23 heavy (non-hydrogen) atoms. The van der Waals surface area contributed by atoms with E-state index in [1.807, 2.05) is 36.9 Å². The highest BCUT2D eigenvalue weighted by Gasteiger charge is 2.30. The number of anilines is 1. The van der Waals surface area contributed by atoms with Crippen molar-refractivity contribution >= 4 is 5.95 Å². The Hall–Kier alpha value is -2.34. The molecule has 1 aromatic heterocycles. The van der Waals surface area contributed by atoms with Gasteiger partial charge < -0.3 is 19.5 Å². The van der Waals surface area contributed by atoms with Crippen LogP contribution in [0.1, 0.15) is 28.6 Å². The summed E-state index contributed by atoms with van der Waals surface area (Å²) in [6.45, 7) is 4.86. The zero-order valence-corrected chi connectivity index (χ0v) is 13.8. The SMILES string of the molecule is COc1ccc(OC)c2c1CN(c1nc(C)cc(C)n1)C[C@H]2O. The first-order valence-electron chi connectivity index (χ1n) is 7.52. The third-order valence-corrected chi connectivity index (χ3v) is 4.04. The van der Waals surface area contributed by atoms with Gasteiger partial charge in [0.25, 0.3) is 0 Å². The predicted molar refractivity (Wildman–Crippen MR) is 87.1 cm³/mol. The number of hydrogen-bond donors (Lipinski definition) is 1. The number of aliphatic hydroxyl groups excluding tert-OH is 1. The monoisotopic (exact) mass is 315 g/mol. The Labute approximate surface area is 135 Å². The van der Waals surface area contributed by atoms with Crippen molar-refractivity contribution in [3.8, 4) is 11.5 Å². The second-order valence-electron chi connectivity index (χ2n) is 5.71. The maximum absolute atomic E-state index is 10.6. The molecule has 0 fully saturated rings. The number of aromatic nitrogens is 2. The zero-order valence-electron chi connectivity index (χ0n) is 13.8. The van der Waals surface area contributed by atoms with E-state index in [0.717, 1.165) is 28.3 Å². The molecule has 0 amide bonds. The van der Waals surface area contributed by atoms with Crippen LogP contribution in [0.15, 0.2) is 18.2 Å². The number of aliphatic hydroxyl groups is 1. The number of benzene rings is 1. The molecule has 0 bridgehead atoms. The average Bonchev–Trinajstić information content (AvgIpc) is 2.52. The summed E-state index contributed by atoms with van der Waals surface area (Å²) >= 11 is 0. The first-order valence-corrected chi connectivity index (χ1v) is 7.52. The average molecular weight is 315 g/mol. The molecule has 0 saturated heterocycles. The van der Waals surface area contributed by atoms with Crippen molar-refractivity contribution in [1.82, 2.24) is 9.97 Å². The Balaban J connectivity index is 2.06. The molecular formula is C17H21N3O3. The van der Waals surface area contributed by atoms with E-state index in [4.69, 9.17) is 9.47 Å². The van der Waals surface area contributed by atoms with Gasteiger partial charge in [-0.3, -0.25) is 0 Å². The molecule has 0 aliphatic carbocycles. The summed E-state index contributed by atoms with van der Waals surface area (Å²) in [5.41, 5.74) is 3.51. The predicted octanol–water partition coefficient (Wildman–Crippen LogP) is 2.16. The van der Waals surface area contributed by atoms with E-state index < -0.39 is 6.10 Å². The number of aryl methyl sites for hydroxylation is 2. The van der Waals surface area contributed by atoms with Gasteiger partial charge in [-0.15, -0.1) is 0 Å². The second kappa shape index (κ2) is 6.04. The molecular weight excluding hydrogens is 294 g/mol. The fraction of sp³-hybridized carbons (Fsp3) is 0.412. The smallest absolute Gasteiger partial charge is 0.226 e. The third-order valence-electron chi connectivity index (χ3n) is 4.04. The number of nitrogens with zero attached hydrogens (tertiary/aromatic N) is 3. The highest BCUT2D eigenvalue weighted by Crippen LogP contribution is 2.40. The number of methoxy groups -OCH3 is 2. The third kappa shape index (κ3) is 2.82. The minimum Gasteiger partial charge on any atom is -0.496 e. The topological polar surface area (TPSA) is 67.7 Å². The first-order chi connectivity index (χ1) is 11.0. The van der Waals surface area contributed by atoms with Crippen LogP contribution in [0.5, 0.6) is 11.5 Å². The molecule has 1 aliphatic heterocycles. The Kier molecular flexibility index (Phi) is 4.09. The molecule has 1 atom stereocenters. The van der Waals surface area contributed by atoms with E-state index in [2.05, 4.69) is 9.97 Å². The summed E-state index contributed by atoms with van der Waals surface area (Å²) in [6, 6.07) is 5.61. The van der Waals surface area contributed by atoms with Gasteiger partial charge in [-0.2, -0.15) is 0 Å². The molecule has 1 aromatic carbocycles. The van der Waals surface area contributed by atoms with Gasteiger partial charge in [-0.05, 0) is 32.0 Å². The van der Waals surface area contributed by atoms with Gasteiger partial charge in [-0.25, -0.2) is 9.97 Å². The van der Waals surface area contributed by atoms with Crippen molar-refractivity contribution < 1.29 is 14.6 Å².